The van der Waals surface area contributed by atoms with Crippen LogP contribution in [0.15, 0.2) is 84.5 Å². The van der Waals surface area contributed by atoms with Crippen molar-refractivity contribution < 1.29 is 19.1 Å². The molecule has 0 radical (unpaired) electrons. The first-order valence-electron chi connectivity index (χ1n) is 12.4. The molecule has 2 aromatic carbocycles. The third kappa shape index (κ3) is 7.65. The van der Waals surface area contributed by atoms with Gasteiger partial charge in [-0.15, -0.1) is 11.3 Å². The summed E-state index contributed by atoms with van der Waals surface area (Å²) in [7, 11) is 0. The summed E-state index contributed by atoms with van der Waals surface area (Å²) < 4.78 is 5.24. The summed E-state index contributed by atoms with van der Waals surface area (Å²) in [4.78, 5) is 43.0. The molecule has 0 fully saturated rings. The van der Waals surface area contributed by atoms with Gasteiger partial charge in [-0.25, -0.2) is 4.79 Å². The number of aromatic nitrogens is 1. The SMILES string of the molecule is CCNC(=O)[C@H](Cc1ccc(C(=O)Nc2cc(-c3cccs3)ccc2N)cc1)NC(=O)OCc1cccnc1. The van der Waals surface area contributed by atoms with Crippen LogP contribution in [-0.2, 0) is 22.6 Å². The zero-order valence-electron chi connectivity index (χ0n) is 21.3. The average molecular weight is 544 g/mol. The lowest BCUT2D eigenvalue weighted by molar-refractivity contribution is -0.122. The van der Waals surface area contributed by atoms with E-state index in [1.165, 1.54) is 0 Å². The van der Waals surface area contributed by atoms with Crippen LogP contribution in [0.25, 0.3) is 10.4 Å². The number of rotatable bonds is 10. The number of hydrogen-bond donors (Lipinski definition) is 4. The molecule has 4 aromatic rings. The molecule has 5 N–H and O–H groups in total. The first kappa shape index (κ1) is 27.3. The Kier molecular flexibility index (Phi) is 9.25. The minimum Gasteiger partial charge on any atom is -0.445 e. The van der Waals surface area contributed by atoms with Crippen LogP contribution >= 0.6 is 11.3 Å². The largest absolute Gasteiger partial charge is 0.445 e. The Labute approximate surface area is 230 Å². The molecule has 0 saturated heterocycles. The highest BCUT2D eigenvalue weighted by Crippen LogP contribution is 2.30. The predicted octanol–water partition coefficient (Wildman–Crippen LogP) is 4.62. The maximum Gasteiger partial charge on any atom is 0.408 e. The van der Waals surface area contributed by atoms with Gasteiger partial charge in [-0.1, -0.05) is 30.3 Å². The number of thiophene rings is 1. The lowest BCUT2D eigenvalue weighted by atomic mass is 10.0. The van der Waals surface area contributed by atoms with E-state index in [2.05, 4.69) is 20.9 Å². The summed E-state index contributed by atoms with van der Waals surface area (Å²) in [6.07, 6.45) is 2.73. The Morgan fingerprint density at radius 3 is 2.54 bits per heavy atom. The van der Waals surface area contributed by atoms with Crippen LogP contribution in [-0.4, -0.2) is 35.5 Å². The number of ether oxygens (including phenoxy) is 1. The fourth-order valence-electron chi connectivity index (χ4n) is 3.81. The van der Waals surface area contributed by atoms with Gasteiger partial charge in [-0.2, -0.15) is 0 Å². The zero-order valence-corrected chi connectivity index (χ0v) is 22.2. The van der Waals surface area contributed by atoms with Gasteiger partial charge in [0, 0.05) is 41.4 Å². The van der Waals surface area contributed by atoms with E-state index in [1.807, 2.05) is 29.6 Å². The standard InChI is InChI=1S/C29H29N5O4S/c1-2-32-28(36)25(34-29(37)38-18-20-5-3-13-31-17-20)15-19-7-9-21(10-8-19)27(35)33-24-16-22(11-12-23(24)30)26-6-4-14-39-26/h3-14,16-17,25H,2,15,18,30H2,1H3,(H,32,36)(H,33,35)(H,34,37)/t25-/m0/s1. The van der Waals surface area contributed by atoms with Crippen LogP contribution in [0, 0.1) is 0 Å². The second-order valence-electron chi connectivity index (χ2n) is 8.66. The molecule has 9 nitrogen and oxygen atoms in total. The van der Waals surface area contributed by atoms with Crippen molar-refractivity contribution in [2.45, 2.75) is 26.0 Å². The number of amides is 3. The second kappa shape index (κ2) is 13.2. The highest BCUT2D eigenvalue weighted by Gasteiger charge is 2.22. The van der Waals surface area contributed by atoms with Crippen molar-refractivity contribution in [3.63, 3.8) is 0 Å². The van der Waals surface area contributed by atoms with Crippen molar-refractivity contribution in [1.29, 1.82) is 0 Å². The van der Waals surface area contributed by atoms with E-state index in [9.17, 15) is 14.4 Å². The summed E-state index contributed by atoms with van der Waals surface area (Å²) in [6.45, 7) is 2.25. The van der Waals surface area contributed by atoms with Crippen molar-refractivity contribution in [3.8, 4) is 10.4 Å². The second-order valence-corrected chi connectivity index (χ2v) is 9.61. The first-order valence-corrected chi connectivity index (χ1v) is 13.2. The van der Waals surface area contributed by atoms with E-state index in [4.69, 9.17) is 10.5 Å². The van der Waals surface area contributed by atoms with E-state index >= 15 is 0 Å². The Hall–Kier alpha value is -4.70. The fraction of sp³-hybridized carbons (Fsp3) is 0.172. The molecular formula is C29H29N5O4S. The van der Waals surface area contributed by atoms with Crippen molar-refractivity contribution in [3.05, 3.63) is 101 Å². The van der Waals surface area contributed by atoms with Crippen molar-refractivity contribution in [2.75, 3.05) is 17.6 Å². The van der Waals surface area contributed by atoms with E-state index in [0.29, 0.717) is 23.5 Å². The van der Waals surface area contributed by atoms with Gasteiger partial charge in [0.25, 0.3) is 5.91 Å². The number of alkyl carbamates (subject to hydrolysis) is 1. The summed E-state index contributed by atoms with van der Waals surface area (Å²) in [5.41, 5.74) is 9.98. The number of benzene rings is 2. The number of nitrogens with zero attached hydrogens (tertiary/aromatic N) is 1. The maximum atomic E-state index is 12.9. The van der Waals surface area contributed by atoms with E-state index in [1.54, 1.807) is 73.1 Å². The lowest BCUT2D eigenvalue weighted by Crippen LogP contribution is -2.48. The number of pyridine rings is 1. The van der Waals surface area contributed by atoms with Crippen LogP contribution in [0.4, 0.5) is 16.2 Å². The number of nitrogens with one attached hydrogen (secondary N) is 3. The molecule has 3 amide bonds. The monoisotopic (exact) mass is 543 g/mol. The quantitative estimate of drug-likeness (QED) is 0.216. The molecular weight excluding hydrogens is 514 g/mol. The normalized spacial score (nSPS) is 11.3. The molecule has 0 aliphatic rings. The summed E-state index contributed by atoms with van der Waals surface area (Å²) in [6, 6.07) is 19.0. The van der Waals surface area contributed by atoms with E-state index in [-0.39, 0.29) is 24.8 Å². The topological polar surface area (TPSA) is 135 Å². The molecule has 2 aromatic heterocycles. The number of hydrogen-bond acceptors (Lipinski definition) is 7. The summed E-state index contributed by atoms with van der Waals surface area (Å²) >= 11 is 1.60. The molecule has 10 heteroatoms. The van der Waals surface area contributed by atoms with Crippen molar-refractivity contribution >= 4 is 40.6 Å². The molecule has 0 saturated carbocycles. The van der Waals surface area contributed by atoms with Crippen LogP contribution in [0.3, 0.4) is 0 Å². The Morgan fingerprint density at radius 1 is 1.03 bits per heavy atom. The number of carbonyl (C=O) groups is 3. The first-order chi connectivity index (χ1) is 18.9. The zero-order chi connectivity index (χ0) is 27.6. The lowest BCUT2D eigenvalue weighted by Gasteiger charge is -2.18. The van der Waals surface area contributed by atoms with Gasteiger partial charge in [-0.05, 0) is 59.8 Å². The van der Waals surface area contributed by atoms with Crippen molar-refractivity contribution in [2.24, 2.45) is 0 Å². The third-order valence-corrected chi connectivity index (χ3v) is 6.73. The molecule has 0 unspecified atom stereocenters. The number of likely N-dealkylation sites (N-methyl/N-ethyl adjacent to an activating group) is 1. The fourth-order valence-corrected chi connectivity index (χ4v) is 4.53. The molecule has 0 spiro atoms. The smallest absolute Gasteiger partial charge is 0.408 e. The Balaban J connectivity index is 1.39. The highest BCUT2D eigenvalue weighted by atomic mass is 32.1. The number of anilines is 2. The Morgan fingerprint density at radius 2 is 1.85 bits per heavy atom. The van der Waals surface area contributed by atoms with Gasteiger partial charge in [0.2, 0.25) is 5.91 Å². The molecule has 0 aliphatic carbocycles. The summed E-state index contributed by atoms with van der Waals surface area (Å²) in [5, 5.41) is 10.2. The van der Waals surface area contributed by atoms with Crippen LogP contribution in [0.5, 0.6) is 0 Å². The number of carbonyl (C=O) groups excluding carboxylic acids is 3. The van der Waals surface area contributed by atoms with Gasteiger partial charge in [0.15, 0.2) is 0 Å². The van der Waals surface area contributed by atoms with Gasteiger partial charge in [-0.3, -0.25) is 14.6 Å². The average Bonchev–Trinajstić information content (AvgIpc) is 3.49. The van der Waals surface area contributed by atoms with Crippen LogP contribution in [0.1, 0.15) is 28.4 Å². The van der Waals surface area contributed by atoms with Crippen LogP contribution in [0.2, 0.25) is 0 Å². The minimum atomic E-state index is -0.856. The third-order valence-electron chi connectivity index (χ3n) is 5.82. The van der Waals surface area contributed by atoms with E-state index < -0.39 is 12.1 Å². The number of nitrogens with two attached hydrogens (primary N) is 1. The molecule has 4 rings (SSSR count). The van der Waals surface area contributed by atoms with Gasteiger partial charge >= 0.3 is 6.09 Å². The maximum absolute atomic E-state index is 12.9. The van der Waals surface area contributed by atoms with Crippen LogP contribution < -0.4 is 21.7 Å². The molecule has 0 aliphatic heterocycles. The van der Waals surface area contributed by atoms with Gasteiger partial charge < -0.3 is 26.4 Å². The predicted molar refractivity (Wildman–Crippen MR) is 152 cm³/mol. The molecule has 200 valence electrons. The molecule has 1 atom stereocenters. The highest BCUT2D eigenvalue weighted by molar-refractivity contribution is 7.13. The van der Waals surface area contributed by atoms with E-state index in [0.717, 1.165) is 21.6 Å². The van der Waals surface area contributed by atoms with Gasteiger partial charge in [0.05, 0.1) is 11.4 Å². The molecule has 39 heavy (non-hydrogen) atoms. The van der Waals surface area contributed by atoms with Crippen molar-refractivity contribution in [1.82, 2.24) is 15.6 Å². The minimum absolute atomic E-state index is 0.0341. The Bertz CT molecular complexity index is 1410. The number of nitrogen functional groups attached to an aromatic ring is 1. The molecule has 0 bridgehead atoms. The summed E-state index contributed by atoms with van der Waals surface area (Å²) in [5.74, 6) is -0.646. The van der Waals surface area contributed by atoms with Gasteiger partial charge in [0.1, 0.15) is 12.6 Å². The molecule has 2 heterocycles.